The van der Waals surface area contributed by atoms with Crippen LogP contribution in [0.25, 0.3) is 0 Å². The van der Waals surface area contributed by atoms with E-state index in [1.807, 2.05) is 30.9 Å². The lowest BCUT2D eigenvalue weighted by molar-refractivity contribution is -0.131. The Morgan fingerprint density at radius 3 is 2.23 bits per heavy atom. The van der Waals surface area contributed by atoms with Crippen LogP contribution < -0.4 is 19.1 Å². The number of halogens is 2. The zero-order valence-electron chi connectivity index (χ0n) is 26.2. The van der Waals surface area contributed by atoms with Gasteiger partial charge >= 0.3 is 0 Å². The van der Waals surface area contributed by atoms with Crippen molar-refractivity contribution in [3.05, 3.63) is 46.3 Å². The molecule has 0 bridgehead atoms. The molecule has 0 saturated carbocycles. The highest BCUT2D eigenvalue weighted by molar-refractivity contribution is 9.08. The highest BCUT2D eigenvalue weighted by atomic mass is 79.9. The van der Waals surface area contributed by atoms with Gasteiger partial charge in [-0.2, -0.15) is 4.02 Å². The Bertz CT molecular complexity index is 1400. The van der Waals surface area contributed by atoms with E-state index < -0.39 is 5.82 Å². The van der Waals surface area contributed by atoms with Crippen LogP contribution in [0.2, 0.25) is 0 Å². The Morgan fingerprint density at radius 1 is 1.00 bits per heavy atom. The third kappa shape index (κ3) is 6.61. The van der Waals surface area contributed by atoms with E-state index in [0.29, 0.717) is 67.5 Å². The molecule has 0 atom stereocenters. The van der Waals surface area contributed by atoms with Crippen LogP contribution >= 0.6 is 16.1 Å². The number of nitrogens with zero attached hydrogens (tertiary/aromatic N) is 4. The number of hydrogen-bond donors (Lipinski definition) is 0. The topological polar surface area (TPSA) is 83.9 Å². The number of ketones is 1. The zero-order valence-corrected chi connectivity index (χ0v) is 27.8. The van der Waals surface area contributed by atoms with E-state index in [4.69, 9.17) is 14.2 Å². The lowest BCUT2D eigenvalue weighted by atomic mass is 9.84. The van der Waals surface area contributed by atoms with E-state index in [2.05, 4.69) is 45.8 Å². The molecular weight excluding hydrogens is 619 g/mol. The zero-order chi connectivity index (χ0) is 31.5. The SMILES string of the molecule is CCOc1cc2c(c(F)c1OCC)C(=NBr)N(CC(=O)c1cc(N3CCN(C(=O)CC)CC3)c(OC)c(C(C)(C)C)c1)C2. The summed E-state index contributed by atoms with van der Waals surface area (Å²) >= 11 is 3.17. The smallest absolute Gasteiger partial charge is 0.222 e. The highest BCUT2D eigenvalue weighted by Gasteiger charge is 2.35. The molecule has 0 aromatic heterocycles. The molecule has 0 unspecified atom stereocenters. The van der Waals surface area contributed by atoms with Gasteiger partial charge in [-0.15, -0.1) is 0 Å². The molecule has 2 heterocycles. The van der Waals surface area contributed by atoms with Crippen molar-refractivity contribution in [1.29, 1.82) is 0 Å². The minimum atomic E-state index is -0.557. The molecule has 11 heteroatoms. The van der Waals surface area contributed by atoms with Crippen LogP contribution in [0, 0.1) is 5.82 Å². The number of fused-ring (bicyclic) bond motifs is 1. The van der Waals surface area contributed by atoms with E-state index in [0.717, 1.165) is 17.0 Å². The number of carbonyl (C=O) groups excluding carboxylic acids is 2. The van der Waals surface area contributed by atoms with Gasteiger partial charge in [0.05, 0.1) is 54.3 Å². The van der Waals surface area contributed by atoms with E-state index in [-0.39, 0.29) is 42.6 Å². The minimum absolute atomic E-state index is 0.0133. The molecule has 43 heavy (non-hydrogen) atoms. The minimum Gasteiger partial charge on any atom is -0.494 e. The third-order valence-electron chi connectivity index (χ3n) is 7.84. The molecule has 2 aromatic rings. The Hall–Kier alpha value is -3.34. The first kappa shape index (κ1) is 32.6. The first-order valence-electron chi connectivity index (χ1n) is 14.8. The first-order chi connectivity index (χ1) is 20.5. The molecular formula is C32H42BrFN4O5. The van der Waals surface area contributed by atoms with Gasteiger partial charge in [0.1, 0.15) is 11.6 Å². The maximum atomic E-state index is 15.8. The second-order valence-corrected chi connectivity index (χ2v) is 12.0. The summed E-state index contributed by atoms with van der Waals surface area (Å²) < 4.78 is 37.2. The van der Waals surface area contributed by atoms with Crippen LogP contribution in [-0.2, 0) is 16.8 Å². The molecule has 0 aliphatic carbocycles. The van der Waals surface area contributed by atoms with E-state index in [9.17, 15) is 9.59 Å². The summed E-state index contributed by atoms with van der Waals surface area (Å²) in [6, 6.07) is 5.54. The lowest BCUT2D eigenvalue weighted by Crippen LogP contribution is -2.48. The number of anilines is 1. The van der Waals surface area contributed by atoms with Crippen molar-refractivity contribution in [2.24, 2.45) is 4.02 Å². The van der Waals surface area contributed by atoms with Crippen LogP contribution in [0.1, 0.15) is 75.0 Å². The van der Waals surface area contributed by atoms with Gasteiger partial charge in [0.25, 0.3) is 0 Å². The van der Waals surface area contributed by atoms with E-state index in [1.54, 1.807) is 25.0 Å². The van der Waals surface area contributed by atoms with Crippen LogP contribution in [0.3, 0.4) is 0 Å². The van der Waals surface area contributed by atoms with Gasteiger partial charge in [0, 0.05) is 50.3 Å². The number of ether oxygens (including phenoxy) is 3. The molecule has 234 valence electrons. The van der Waals surface area contributed by atoms with Gasteiger partial charge in [-0.25, -0.2) is 4.39 Å². The second kappa shape index (κ2) is 13.5. The fourth-order valence-electron chi connectivity index (χ4n) is 5.70. The normalized spacial score (nSPS) is 16.0. The predicted molar refractivity (Wildman–Crippen MR) is 170 cm³/mol. The number of Topliss-reactive ketones (excluding diaryl/α,β-unsaturated/α-hetero) is 1. The van der Waals surface area contributed by atoms with Gasteiger partial charge in [0.15, 0.2) is 23.1 Å². The monoisotopic (exact) mass is 660 g/mol. The van der Waals surface area contributed by atoms with Crippen LogP contribution in [0.5, 0.6) is 17.2 Å². The van der Waals surface area contributed by atoms with Crippen molar-refractivity contribution in [1.82, 2.24) is 9.80 Å². The van der Waals surface area contributed by atoms with Crippen LogP contribution in [0.15, 0.2) is 22.2 Å². The maximum Gasteiger partial charge on any atom is 0.222 e. The summed E-state index contributed by atoms with van der Waals surface area (Å²) in [7, 11) is 1.65. The molecule has 0 spiro atoms. The second-order valence-electron chi connectivity index (χ2n) is 11.7. The summed E-state index contributed by atoms with van der Waals surface area (Å²) in [5.41, 5.74) is 2.92. The molecule has 0 N–H and O–H groups in total. The molecule has 2 aromatic carbocycles. The number of amidine groups is 1. The third-order valence-corrected chi connectivity index (χ3v) is 8.17. The predicted octanol–water partition coefficient (Wildman–Crippen LogP) is 5.74. The first-order valence-corrected chi connectivity index (χ1v) is 15.5. The quantitative estimate of drug-likeness (QED) is 0.301. The molecule has 1 saturated heterocycles. The Kier molecular flexibility index (Phi) is 10.2. The van der Waals surface area contributed by atoms with Gasteiger partial charge in [0.2, 0.25) is 5.91 Å². The standard InChI is InChI=1S/C32H42BrFN4O5/c1-8-26(40)37-13-11-36(12-14-37)23-16-20(15-22(29(23)41-7)32(4,5)6)24(39)19-38-18-21-17-25(42-9-2)30(43-10-3)28(34)27(21)31(38)35-33/h15-17H,8-14,18-19H2,1-7H3. The number of hydrogen-bond acceptors (Lipinski definition) is 7. The lowest BCUT2D eigenvalue weighted by Gasteiger charge is -2.38. The van der Waals surface area contributed by atoms with Crippen molar-refractivity contribution in [3.63, 3.8) is 0 Å². The Balaban J connectivity index is 1.68. The molecule has 0 radical (unpaired) electrons. The summed E-state index contributed by atoms with van der Waals surface area (Å²) in [6.07, 6.45) is 0.478. The average molecular weight is 662 g/mol. The van der Waals surface area contributed by atoms with Crippen LogP contribution in [-0.4, -0.2) is 80.4 Å². The fourth-order valence-corrected chi connectivity index (χ4v) is 6.10. The van der Waals surface area contributed by atoms with Crippen molar-refractivity contribution in [2.45, 2.75) is 59.9 Å². The average Bonchev–Trinajstić information content (AvgIpc) is 3.34. The molecule has 9 nitrogen and oxygen atoms in total. The molecule has 1 amide bonds. The largest absolute Gasteiger partial charge is 0.494 e. The number of methoxy groups -OCH3 is 1. The molecule has 4 rings (SSSR count). The maximum absolute atomic E-state index is 15.8. The van der Waals surface area contributed by atoms with Gasteiger partial charge < -0.3 is 28.9 Å². The Morgan fingerprint density at radius 2 is 1.67 bits per heavy atom. The van der Waals surface area contributed by atoms with Crippen molar-refractivity contribution >= 4 is 39.4 Å². The number of amides is 1. The number of rotatable bonds is 10. The van der Waals surface area contributed by atoms with Crippen molar-refractivity contribution in [2.75, 3.05) is 57.9 Å². The van der Waals surface area contributed by atoms with E-state index in [1.165, 1.54) is 0 Å². The molecule has 2 aliphatic rings. The molecule has 2 aliphatic heterocycles. The van der Waals surface area contributed by atoms with Crippen molar-refractivity contribution in [3.8, 4) is 17.2 Å². The molecule has 1 fully saturated rings. The van der Waals surface area contributed by atoms with Gasteiger partial charge in [-0.05, 0) is 43.0 Å². The number of carbonyl (C=O) groups is 2. The summed E-state index contributed by atoms with van der Waals surface area (Å²) in [5.74, 6) is 0.874. The summed E-state index contributed by atoms with van der Waals surface area (Å²) in [6.45, 7) is 15.1. The van der Waals surface area contributed by atoms with Gasteiger partial charge in [-0.3, -0.25) is 9.59 Å². The van der Waals surface area contributed by atoms with Crippen LogP contribution in [0.4, 0.5) is 10.1 Å². The number of piperazine rings is 1. The van der Waals surface area contributed by atoms with E-state index >= 15 is 4.39 Å². The summed E-state index contributed by atoms with van der Waals surface area (Å²) in [5, 5.41) is 0. The fraction of sp³-hybridized carbons (Fsp3) is 0.531. The Labute approximate surface area is 262 Å². The highest BCUT2D eigenvalue weighted by Crippen LogP contribution is 2.42. The number of benzene rings is 2. The van der Waals surface area contributed by atoms with Crippen molar-refractivity contribution < 1.29 is 28.2 Å². The van der Waals surface area contributed by atoms with Gasteiger partial charge in [-0.1, -0.05) is 27.7 Å². The summed E-state index contributed by atoms with van der Waals surface area (Å²) in [4.78, 5) is 32.0.